The number of benzene rings is 2. The van der Waals surface area contributed by atoms with Crippen LogP contribution in [-0.4, -0.2) is 59.2 Å². The summed E-state index contributed by atoms with van der Waals surface area (Å²) in [6, 6.07) is 4.40. The standard InChI is InChI=1S/C27H30F6N4/c1-3-4-7-36-12-18(13-36)34-17-10-21(29)24(22(30)11-17)26-25-20(8-15(2)37(26)14-27(31,32)33)19-6-5-16(28)9-23(19)35-25/h5-6,9-11,15,18,26,34-35H,3-4,7-8,12-14H2,1-2H3/t15-,26-/m1/s1. The molecule has 0 aliphatic carbocycles. The normalized spacial score (nSPS) is 21.3. The van der Waals surface area contributed by atoms with Gasteiger partial charge in [-0.25, -0.2) is 13.2 Å². The number of H-pyrrole nitrogens is 1. The molecule has 2 N–H and O–H groups in total. The van der Waals surface area contributed by atoms with Crippen LogP contribution in [-0.2, 0) is 6.42 Å². The van der Waals surface area contributed by atoms with Crippen LogP contribution in [0.5, 0.6) is 0 Å². The van der Waals surface area contributed by atoms with Crippen molar-refractivity contribution in [2.75, 3.05) is 31.5 Å². The summed E-state index contributed by atoms with van der Waals surface area (Å²) >= 11 is 0. The van der Waals surface area contributed by atoms with Gasteiger partial charge in [0.2, 0.25) is 0 Å². The number of likely N-dealkylation sites (tertiary alicyclic amines) is 1. The summed E-state index contributed by atoms with van der Waals surface area (Å²) in [6.07, 6.45) is -2.18. The van der Waals surface area contributed by atoms with E-state index in [0.29, 0.717) is 16.5 Å². The molecule has 10 heteroatoms. The predicted molar refractivity (Wildman–Crippen MR) is 131 cm³/mol. The monoisotopic (exact) mass is 524 g/mol. The Labute approximate surface area is 211 Å². The molecule has 4 nitrogen and oxygen atoms in total. The fourth-order valence-electron chi connectivity index (χ4n) is 5.69. The Morgan fingerprint density at radius 2 is 1.76 bits per heavy atom. The summed E-state index contributed by atoms with van der Waals surface area (Å²) in [5.74, 6) is -2.36. The SMILES string of the molecule is CCCCN1CC(Nc2cc(F)c([C@@H]3c4[nH]c5cc(F)ccc5c4C[C@@H](C)N3CC(F)(F)F)c(F)c2)C1. The highest BCUT2D eigenvalue weighted by molar-refractivity contribution is 5.85. The summed E-state index contributed by atoms with van der Waals surface area (Å²) in [4.78, 5) is 6.30. The van der Waals surface area contributed by atoms with Crippen LogP contribution in [0.25, 0.3) is 10.9 Å². The maximum Gasteiger partial charge on any atom is 0.401 e. The van der Waals surface area contributed by atoms with Gasteiger partial charge < -0.3 is 10.3 Å². The molecule has 1 fully saturated rings. The smallest absolute Gasteiger partial charge is 0.380 e. The van der Waals surface area contributed by atoms with Crippen molar-refractivity contribution in [3.05, 3.63) is 64.6 Å². The third-order valence-electron chi connectivity index (χ3n) is 7.44. The number of unbranched alkanes of at least 4 members (excludes halogenated alkanes) is 1. The van der Waals surface area contributed by atoms with Gasteiger partial charge in [-0.1, -0.05) is 13.3 Å². The van der Waals surface area contributed by atoms with Crippen LogP contribution in [0, 0.1) is 17.5 Å². The molecular formula is C27H30F6N4. The van der Waals surface area contributed by atoms with Crippen molar-refractivity contribution in [3.63, 3.8) is 0 Å². The fourth-order valence-corrected chi connectivity index (χ4v) is 5.69. The van der Waals surface area contributed by atoms with Crippen LogP contribution >= 0.6 is 0 Å². The number of alkyl halides is 3. The minimum absolute atomic E-state index is 0.0492. The van der Waals surface area contributed by atoms with Crippen molar-refractivity contribution < 1.29 is 26.3 Å². The lowest BCUT2D eigenvalue weighted by atomic mass is 9.88. The van der Waals surface area contributed by atoms with Crippen LogP contribution in [0.15, 0.2) is 30.3 Å². The van der Waals surface area contributed by atoms with Crippen molar-refractivity contribution >= 4 is 16.6 Å². The molecule has 2 aliphatic rings. The molecule has 0 bridgehead atoms. The molecule has 1 saturated heterocycles. The van der Waals surface area contributed by atoms with E-state index in [1.54, 1.807) is 13.0 Å². The van der Waals surface area contributed by atoms with Gasteiger partial charge in [0.15, 0.2) is 0 Å². The van der Waals surface area contributed by atoms with Gasteiger partial charge in [-0.2, -0.15) is 13.2 Å². The molecule has 0 radical (unpaired) electrons. The number of hydrogen-bond acceptors (Lipinski definition) is 3. The minimum Gasteiger partial charge on any atom is -0.380 e. The Morgan fingerprint density at radius 3 is 2.41 bits per heavy atom. The molecule has 2 atom stereocenters. The van der Waals surface area contributed by atoms with Crippen LogP contribution in [0.1, 0.15) is 49.6 Å². The highest BCUT2D eigenvalue weighted by atomic mass is 19.4. The van der Waals surface area contributed by atoms with Crippen molar-refractivity contribution in [3.8, 4) is 0 Å². The molecule has 37 heavy (non-hydrogen) atoms. The highest BCUT2D eigenvalue weighted by Gasteiger charge is 2.44. The van der Waals surface area contributed by atoms with Crippen LogP contribution in [0.2, 0.25) is 0 Å². The third-order valence-corrected chi connectivity index (χ3v) is 7.44. The number of nitrogens with one attached hydrogen (secondary N) is 2. The summed E-state index contributed by atoms with van der Waals surface area (Å²) in [5.41, 5.74) is 1.09. The second-order valence-electron chi connectivity index (χ2n) is 10.3. The van der Waals surface area contributed by atoms with Gasteiger partial charge in [0.1, 0.15) is 17.5 Å². The molecule has 0 unspecified atom stereocenters. The molecule has 2 aromatic carbocycles. The van der Waals surface area contributed by atoms with Crippen molar-refractivity contribution in [2.24, 2.45) is 0 Å². The molecule has 5 rings (SSSR count). The zero-order valence-electron chi connectivity index (χ0n) is 20.7. The van der Waals surface area contributed by atoms with Crippen molar-refractivity contribution in [1.82, 2.24) is 14.8 Å². The number of aromatic nitrogens is 1. The number of halogens is 6. The van der Waals surface area contributed by atoms with Gasteiger partial charge in [-0.3, -0.25) is 9.80 Å². The third kappa shape index (κ3) is 5.18. The van der Waals surface area contributed by atoms with E-state index in [9.17, 15) is 17.6 Å². The van der Waals surface area contributed by atoms with Crippen molar-refractivity contribution in [2.45, 2.75) is 57.4 Å². The molecule has 0 amide bonds. The summed E-state index contributed by atoms with van der Waals surface area (Å²) in [7, 11) is 0. The first-order chi connectivity index (χ1) is 17.5. The van der Waals surface area contributed by atoms with Gasteiger partial charge >= 0.3 is 6.18 Å². The highest BCUT2D eigenvalue weighted by Crippen LogP contribution is 2.44. The lowest BCUT2D eigenvalue weighted by Gasteiger charge is -2.41. The van der Waals surface area contributed by atoms with E-state index in [1.165, 1.54) is 12.1 Å². The second kappa shape index (κ2) is 9.87. The van der Waals surface area contributed by atoms with Gasteiger partial charge in [-0.15, -0.1) is 0 Å². The molecule has 3 aromatic rings. The Hall–Kier alpha value is -2.72. The quantitative estimate of drug-likeness (QED) is 0.352. The molecule has 0 spiro atoms. The summed E-state index contributed by atoms with van der Waals surface area (Å²) < 4.78 is 85.8. The van der Waals surface area contributed by atoms with Crippen LogP contribution in [0.4, 0.5) is 32.0 Å². The Morgan fingerprint density at radius 1 is 1.05 bits per heavy atom. The zero-order chi connectivity index (χ0) is 26.5. The van der Waals surface area contributed by atoms with Crippen LogP contribution in [0.3, 0.4) is 0 Å². The molecule has 0 saturated carbocycles. The fraction of sp³-hybridized carbons (Fsp3) is 0.481. The number of rotatable bonds is 7. The molecule has 1 aromatic heterocycles. The Kier molecular flexibility index (Phi) is 6.91. The number of nitrogens with zero attached hydrogens (tertiary/aromatic N) is 2. The Balaban J connectivity index is 1.51. The predicted octanol–water partition coefficient (Wildman–Crippen LogP) is 6.38. The van der Waals surface area contributed by atoms with Gasteiger partial charge in [0, 0.05) is 47.0 Å². The number of fused-ring (bicyclic) bond motifs is 3. The zero-order valence-corrected chi connectivity index (χ0v) is 20.7. The molecule has 200 valence electrons. The molecular weight excluding hydrogens is 494 g/mol. The van der Waals surface area contributed by atoms with Crippen molar-refractivity contribution in [1.29, 1.82) is 0 Å². The molecule has 3 heterocycles. The first-order valence-corrected chi connectivity index (χ1v) is 12.6. The van der Waals surface area contributed by atoms with E-state index >= 15 is 8.78 Å². The maximum absolute atomic E-state index is 15.6. The van der Waals surface area contributed by atoms with Gasteiger partial charge in [-0.05, 0) is 62.2 Å². The first kappa shape index (κ1) is 25.9. The minimum atomic E-state index is -4.58. The Bertz CT molecular complexity index is 1260. The van der Waals surface area contributed by atoms with E-state index in [1.807, 2.05) is 0 Å². The first-order valence-electron chi connectivity index (χ1n) is 12.6. The van der Waals surface area contributed by atoms with E-state index in [2.05, 4.69) is 22.1 Å². The van der Waals surface area contributed by atoms with E-state index in [-0.39, 0.29) is 23.8 Å². The van der Waals surface area contributed by atoms with Crippen LogP contribution < -0.4 is 5.32 Å². The van der Waals surface area contributed by atoms with E-state index in [0.717, 1.165) is 49.5 Å². The summed E-state index contributed by atoms with van der Waals surface area (Å²) in [6.45, 7) is 4.89. The van der Waals surface area contributed by atoms with E-state index < -0.39 is 47.8 Å². The average Bonchev–Trinajstić information content (AvgIpc) is 3.12. The number of anilines is 1. The largest absolute Gasteiger partial charge is 0.401 e. The number of hydrogen-bond donors (Lipinski definition) is 2. The topological polar surface area (TPSA) is 34.3 Å². The van der Waals surface area contributed by atoms with Gasteiger partial charge in [0.05, 0.1) is 18.6 Å². The lowest BCUT2D eigenvalue weighted by Crippen LogP contribution is -2.54. The maximum atomic E-state index is 15.6. The molecule has 2 aliphatic heterocycles. The number of aromatic amines is 1. The lowest BCUT2D eigenvalue weighted by molar-refractivity contribution is -0.155. The summed E-state index contributed by atoms with van der Waals surface area (Å²) in [5, 5.41) is 3.77. The average molecular weight is 525 g/mol. The van der Waals surface area contributed by atoms with E-state index in [4.69, 9.17) is 0 Å². The van der Waals surface area contributed by atoms with Gasteiger partial charge in [0.25, 0.3) is 0 Å². The second-order valence-corrected chi connectivity index (χ2v) is 10.3.